The molecule has 0 aromatic carbocycles. The fourth-order valence-corrected chi connectivity index (χ4v) is 2.55. The molecule has 0 spiro atoms. The van der Waals surface area contributed by atoms with Gasteiger partial charge in [0.05, 0.1) is 12.5 Å². The Morgan fingerprint density at radius 1 is 1.00 bits per heavy atom. The first kappa shape index (κ1) is 24.2. The number of carbonyl (C=O) groups excluding carboxylic acids is 1. The van der Waals surface area contributed by atoms with Crippen LogP contribution >= 0.6 is 31.9 Å². The molecule has 0 aliphatic carbocycles. The summed E-state index contributed by atoms with van der Waals surface area (Å²) in [6, 6.07) is 0. The zero-order valence-electron chi connectivity index (χ0n) is 13.8. The monoisotopic (exact) mass is 444 g/mol. The molecule has 0 fully saturated rings. The standard InChI is InChI=1S/2C8H15BrO2/c1-2-11-8(10)6-4-3-5-7-9;1-2-7(8(10)11)5-3-4-6-9/h2-7H2,1H3;7H,2-6H2,1H3,(H,10,11). The van der Waals surface area contributed by atoms with Gasteiger partial charge in [0.15, 0.2) is 0 Å². The van der Waals surface area contributed by atoms with E-state index in [-0.39, 0.29) is 11.9 Å². The molecule has 0 bridgehead atoms. The van der Waals surface area contributed by atoms with Crippen molar-refractivity contribution in [2.24, 2.45) is 5.92 Å². The fourth-order valence-electron chi connectivity index (χ4n) is 1.76. The van der Waals surface area contributed by atoms with Gasteiger partial charge in [-0.1, -0.05) is 51.6 Å². The molecule has 1 N–H and O–H groups in total. The largest absolute Gasteiger partial charge is 0.481 e. The molecule has 0 saturated carbocycles. The van der Waals surface area contributed by atoms with Crippen molar-refractivity contribution in [1.82, 2.24) is 0 Å². The van der Waals surface area contributed by atoms with Gasteiger partial charge in [-0.25, -0.2) is 0 Å². The molecule has 6 heteroatoms. The van der Waals surface area contributed by atoms with Crippen LogP contribution in [0.3, 0.4) is 0 Å². The third-order valence-corrected chi connectivity index (χ3v) is 4.22. The number of hydrogen-bond acceptors (Lipinski definition) is 3. The summed E-state index contributed by atoms with van der Waals surface area (Å²) < 4.78 is 4.77. The number of carbonyl (C=O) groups is 2. The van der Waals surface area contributed by atoms with Gasteiger partial charge >= 0.3 is 11.9 Å². The van der Waals surface area contributed by atoms with Crippen LogP contribution < -0.4 is 0 Å². The second kappa shape index (κ2) is 18.9. The Kier molecular flexibility index (Phi) is 20.8. The SMILES string of the molecule is CCC(CCCCBr)C(=O)O.CCOC(=O)CCCCCBr. The number of carboxylic acids is 1. The Hall–Kier alpha value is -0.100. The molecule has 0 rings (SSSR count). The first-order valence-electron chi connectivity index (χ1n) is 8.03. The molecule has 0 aliphatic rings. The summed E-state index contributed by atoms with van der Waals surface area (Å²) in [4.78, 5) is 21.3. The molecule has 0 saturated heterocycles. The number of carboxylic acid groups (broad SMARTS) is 1. The van der Waals surface area contributed by atoms with E-state index >= 15 is 0 Å². The smallest absolute Gasteiger partial charge is 0.306 e. The molecule has 0 aromatic rings. The zero-order valence-corrected chi connectivity index (χ0v) is 17.0. The van der Waals surface area contributed by atoms with Crippen molar-refractivity contribution < 1.29 is 19.4 Å². The van der Waals surface area contributed by atoms with Gasteiger partial charge in [-0.2, -0.15) is 0 Å². The van der Waals surface area contributed by atoms with Crippen LogP contribution in [0.25, 0.3) is 0 Å². The van der Waals surface area contributed by atoms with E-state index in [9.17, 15) is 9.59 Å². The molecule has 0 heterocycles. The molecular weight excluding hydrogens is 416 g/mol. The molecule has 0 aliphatic heterocycles. The molecule has 0 aromatic heterocycles. The Balaban J connectivity index is 0. The van der Waals surface area contributed by atoms with Crippen molar-refractivity contribution in [3.05, 3.63) is 0 Å². The van der Waals surface area contributed by atoms with Crippen LogP contribution in [0.2, 0.25) is 0 Å². The maximum Gasteiger partial charge on any atom is 0.306 e. The van der Waals surface area contributed by atoms with Crippen molar-refractivity contribution in [3.63, 3.8) is 0 Å². The molecular formula is C16H30Br2O4. The first-order valence-corrected chi connectivity index (χ1v) is 10.3. The van der Waals surface area contributed by atoms with Crippen LogP contribution in [0, 0.1) is 5.92 Å². The minimum absolute atomic E-state index is 0.0675. The van der Waals surface area contributed by atoms with Crippen molar-refractivity contribution in [1.29, 1.82) is 0 Å². The highest BCUT2D eigenvalue weighted by molar-refractivity contribution is 9.09. The third kappa shape index (κ3) is 18.0. The van der Waals surface area contributed by atoms with E-state index < -0.39 is 5.97 Å². The second-order valence-electron chi connectivity index (χ2n) is 4.93. The summed E-state index contributed by atoms with van der Waals surface area (Å²) >= 11 is 6.64. The van der Waals surface area contributed by atoms with E-state index in [4.69, 9.17) is 9.84 Å². The number of unbranched alkanes of at least 4 members (excludes halogenated alkanes) is 3. The van der Waals surface area contributed by atoms with Gasteiger partial charge in [0.1, 0.15) is 0 Å². The van der Waals surface area contributed by atoms with Crippen LogP contribution in [0.4, 0.5) is 0 Å². The molecule has 4 nitrogen and oxygen atoms in total. The van der Waals surface area contributed by atoms with Gasteiger partial charge in [-0.3, -0.25) is 9.59 Å². The van der Waals surface area contributed by atoms with Crippen LogP contribution in [0.1, 0.15) is 65.2 Å². The van der Waals surface area contributed by atoms with Crippen molar-refractivity contribution >= 4 is 43.8 Å². The zero-order chi connectivity index (χ0) is 17.2. The minimum Gasteiger partial charge on any atom is -0.481 e. The number of esters is 1. The van der Waals surface area contributed by atoms with Gasteiger partial charge in [-0.05, 0) is 39.0 Å². The van der Waals surface area contributed by atoms with Crippen LogP contribution in [-0.4, -0.2) is 34.3 Å². The normalized spacial score (nSPS) is 11.3. The predicted molar refractivity (Wildman–Crippen MR) is 98.0 cm³/mol. The third-order valence-electron chi connectivity index (χ3n) is 3.10. The van der Waals surface area contributed by atoms with Gasteiger partial charge in [-0.15, -0.1) is 0 Å². The maximum atomic E-state index is 10.8. The fraction of sp³-hybridized carbons (Fsp3) is 0.875. The lowest BCUT2D eigenvalue weighted by Crippen LogP contribution is -2.12. The van der Waals surface area contributed by atoms with E-state index in [2.05, 4.69) is 31.9 Å². The summed E-state index contributed by atoms with van der Waals surface area (Å²) in [6.07, 6.45) is 7.41. The molecule has 0 amide bonds. The van der Waals surface area contributed by atoms with E-state index in [0.29, 0.717) is 13.0 Å². The summed E-state index contributed by atoms with van der Waals surface area (Å²) in [5, 5.41) is 10.7. The summed E-state index contributed by atoms with van der Waals surface area (Å²) in [6.45, 7) is 4.25. The number of ether oxygens (including phenoxy) is 1. The highest BCUT2D eigenvalue weighted by atomic mass is 79.9. The van der Waals surface area contributed by atoms with Crippen molar-refractivity contribution in [2.75, 3.05) is 17.3 Å². The quantitative estimate of drug-likeness (QED) is 0.255. The summed E-state index contributed by atoms with van der Waals surface area (Å²) in [5.41, 5.74) is 0. The lowest BCUT2D eigenvalue weighted by Gasteiger charge is -2.07. The molecule has 1 atom stereocenters. The topological polar surface area (TPSA) is 63.6 Å². The predicted octanol–water partition coefficient (Wildman–Crippen LogP) is 5.17. The summed E-state index contributed by atoms with van der Waals surface area (Å²) in [5.74, 6) is -0.849. The molecule has 132 valence electrons. The molecule has 0 radical (unpaired) electrons. The van der Waals surface area contributed by atoms with Crippen molar-refractivity contribution in [3.8, 4) is 0 Å². The Bertz CT molecular complexity index is 271. The number of aliphatic carboxylic acids is 1. The number of halogens is 2. The maximum absolute atomic E-state index is 10.8. The number of rotatable bonds is 12. The van der Waals surface area contributed by atoms with Gasteiger partial charge < -0.3 is 9.84 Å². The first-order chi connectivity index (χ1) is 10.5. The van der Waals surface area contributed by atoms with Crippen LogP contribution in [0.5, 0.6) is 0 Å². The second-order valence-corrected chi connectivity index (χ2v) is 6.52. The summed E-state index contributed by atoms with van der Waals surface area (Å²) in [7, 11) is 0. The van der Waals surface area contributed by atoms with E-state index in [1.54, 1.807) is 0 Å². The highest BCUT2D eigenvalue weighted by Gasteiger charge is 2.13. The van der Waals surface area contributed by atoms with E-state index in [0.717, 1.165) is 55.6 Å². The molecule has 22 heavy (non-hydrogen) atoms. The Morgan fingerprint density at radius 2 is 1.59 bits per heavy atom. The number of hydrogen-bond donors (Lipinski definition) is 1. The van der Waals surface area contributed by atoms with Gasteiger partial charge in [0, 0.05) is 17.1 Å². The van der Waals surface area contributed by atoms with Gasteiger partial charge in [0.25, 0.3) is 0 Å². The lowest BCUT2D eigenvalue weighted by atomic mass is 10.00. The van der Waals surface area contributed by atoms with E-state index in [1.807, 2.05) is 13.8 Å². The van der Waals surface area contributed by atoms with Gasteiger partial charge in [0.2, 0.25) is 0 Å². The highest BCUT2D eigenvalue weighted by Crippen LogP contribution is 2.12. The lowest BCUT2D eigenvalue weighted by molar-refractivity contribution is -0.143. The van der Waals surface area contributed by atoms with Crippen LogP contribution in [-0.2, 0) is 14.3 Å². The molecule has 1 unspecified atom stereocenters. The average molecular weight is 446 g/mol. The van der Waals surface area contributed by atoms with E-state index in [1.165, 1.54) is 0 Å². The number of alkyl halides is 2. The van der Waals surface area contributed by atoms with Crippen molar-refractivity contribution in [2.45, 2.75) is 65.2 Å². The minimum atomic E-state index is -0.651. The Labute approximate surface area is 151 Å². The Morgan fingerprint density at radius 3 is 2.05 bits per heavy atom. The van der Waals surface area contributed by atoms with Crippen LogP contribution in [0.15, 0.2) is 0 Å². The average Bonchev–Trinajstić information content (AvgIpc) is 2.49.